The van der Waals surface area contributed by atoms with Crippen molar-refractivity contribution in [3.8, 4) is 5.75 Å². The van der Waals surface area contributed by atoms with Crippen LogP contribution in [-0.4, -0.2) is 51.1 Å². The molecule has 0 aliphatic rings. The van der Waals surface area contributed by atoms with Gasteiger partial charge in [0.15, 0.2) is 5.96 Å². The van der Waals surface area contributed by atoms with Gasteiger partial charge < -0.3 is 19.9 Å². The fourth-order valence-corrected chi connectivity index (χ4v) is 2.86. The molecular formula is C21H30N4O. The highest BCUT2D eigenvalue weighted by Gasteiger charge is 2.09. The van der Waals surface area contributed by atoms with Crippen molar-refractivity contribution in [1.82, 2.24) is 15.1 Å². The standard InChI is InChI=1S/C21H30N4O/c1-22-21(25(4)15-17-10-12-20(26-5)13-11-17)23-14-18-8-6-7-9-19(18)16-24(2)3/h6-13H,14-16H2,1-5H3,(H,22,23). The predicted molar refractivity (Wildman–Crippen MR) is 108 cm³/mol. The molecule has 0 aliphatic carbocycles. The summed E-state index contributed by atoms with van der Waals surface area (Å²) in [7, 11) is 9.72. The molecule has 0 spiro atoms. The summed E-state index contributed by atoms with van der Waals surface area (Å²) < 4.78 is 5.22. The van der Waals surface area contributed by atoms with E-state index in [2.05, 4.69) is 70.6 Å². The molecule has 0 heterocycles. The van der Waals surface area contributed by atoms with Gasteiger partial charge in [0.05, 0.1) is 7.11 Å². The molecule has 26 heavy (non-hydrogen) atoms. The highest BCUT2D eigenvalue weighted by atomic mass is 16.5. The molecule has 0 unspecified atom stereocenters. The number of nitrogens with zero attached hydrogens (tertiary/aromatic N) is 3. The number of aliphatic imine (C=N–C) groups is 1. The van der Waals surface area contributed by atoms with E-state index in [1.165, 1.54) is 16.7 Å². The normalized spacial score (nSPS) is 11.5. The third-order valence-electron chi connectivity index (χ3n) is 4.19. The lowest BCUT2D eigenvalue weighted by atomic mass is 10.1. The second-order valence-electron chi connectivity index (χ2n) is 6.61. The summed E-state index contributed by atoms with van der Waals surface area (Å²) in [5, 5.41) is 3.47. The molecule has 0 atom stereocenters. The maximum absolute atomic E-state index is 5.22. The van der Waals surface area contributed by atoms with E-state index in [9.17, 15) is 0 Å². The molecule has 2 rings (SSSR count). The van der Waals surface area contributed by atoms with E-state index in [0.717, 1.165) is 31.3 Å². The molecule has 0 aromatic heterocycles. The van der Waals surface area contributed by atoms with Gasteiger partial charge in [-0.3, -0.25) is 4.99 Å². The van der Waals surface area contributed by atoms with Crippen LogP contribution in [0.5, 0.6) is 5.75 Å². The number of benzene rings is 2. The maximum atomic E-state index is 5.22. The first-order valence-corrected chi connectivity index (χ1v) is 8.79. The van der Waals surface area contributed by atoms with Crippen molar-refractivity contribution in [2.24, 2.45) is 4.99 Å². The highest BCUT2D eigenvalue weighted by Crippen LogP contribution is 2.13. The van der Waals surface area contributed by atoms with Crippen LogP contribution in [0.3, 0.4) is 0 Å². The SMILES string of the molecule is CN=C(NCc1ccccc1CN(C)C)N(C)Cc1ccc(OC)cc1. The monoisotopic (exact) mass is 354 g/mol. The van der Waals surface area contributed by atoms with E-state index in [0.29, 0.717) is 0 Å². The lowest BCUT2D eigenvalue weighted by Gasteiger charge is -2.23. The van der Waals surface area contributed by atoms with Crippen LogP contribution in [-0.2, 0) is 19.6 Å². The van der Waals surface area contributed by atoms with Crippen LogP contribution in [0, 0.1) is 0 Å². The minimum Gasteiger partial charge on any atom is -0.497 e. The zero-order valence-electron chi connectivity index (χ0n) is 16.5. The molecule has 2 aromatic carbocycles. The Hall–Kier alpha value is -2.53. The Morgan fingerprint density at radius 1 is 0.962 bits per heavy atom. The van der Waals surface area contributed by atoms with Gasteiger partial charge in [-0.1, -0.05) is 36.4 Å². The molecule has 0 saturated carbocycles. The Kier molecular flexibility index (Phi) is 7.48. The van der Waals surface area contributed by atoms with Crippen molar-refractivity contribution in [3.05, 3.63) is 65.2 Å². The van der Waals surface area contributed by atoms with Gasteiger partial charge in [-0.05, 0) is 42.9 Å². The van der Waals surface area contributed by atoms with E-state index >= 15 is 0 Å². The zero-order valence-corrected chi connectivity index (χ0v) is 16.5. The first kappa shape index (κ1) is 19.8. The molecule has 5 heteroatoms. The lowest BCUT2D eigenvalue weighted by Crippen LogP contribution is -2.38. The number of hydrogen-bond donors (Lipinski definition) is 1. The third-order valence-corrected chi connectivity index (χ3v) is 4.19. The largest absolute Gasteiger partial charge is 0.497 e. The van der Waals surface area contributed by atoms with E-state index in [1.807, 2.05) is 26.2 Å². The van der Waals surface area contributed by atoms with Crippen LogP contribution in [0.25, 0.3) is 0 Å². The zero-order chi connectivity index (χ0) is 18.9. The topological polar surface area (TPSA) is 40.1 Å². The van der Waals surface area contributed by atoms with Crippen LogP contribution in [0.2, 0.25) is 0 Å². The summed E-state index contributed by atoms with van der Waals surface area (Å²) in [6.07, 6.45) is 0. The van der Waals surface area contributed by atoms with Gasteiger partial charge >= 0.3 is 0 Å². The third kappa shape index (κ3) is 5.77. The van der Waals surface area contributed by atoms with Gasteiger partial charge in [-0.15, -0.1) is 0 Å². The Bertz CT molecular complexity index is 710. The average Bonchev–Trinajstić information content (AvgIpc) is 2.63. The number of nitrogens with one attached hydrogen (secondary N) is 1. The van der Waals surface area contributed by atoms with Gasteiger partial charge in [0.2, 0.25) is 0 Å². The van der Waals surface area contributed by atoms with E-state index < -0.39 is 0 Å². The Morgan fingerprint density at radius 2 is 1.62 bits per heavy atom. The van der Waals surface area contributed by atoms with Crippen LogP contribution in [0.1, 0.15) is 16.7 Å². The first-order valence-electron chi connectivity index (χ1n) is 8.79. The predicted octanol–water partition coefficient (Wildman–Crippen LogP) is 2.96. The average molecular weight is 354 g/mol. The van der Waals surface area contributed by atoms with Crippen LogP contribution < -0.4 is 10.1 Å². The summed E-state index contributed by atoms with van der Waals surface area (Å²) >= 11 is 0. The van der Waals surface area contributed by atoms with Crippen molar-refractivity contribution < 1.29 is 4.74 Å². The molecule has 0 radical (unpaired) electrons. The fraction of sp³-hybridized carbons (Fsp3) is 0.381. The van der Waals surface area contributed by atoms with Crippen molar-refractivity contribution in [3.63, 3.8) is 0 Å². The van der Waals surface area contributed by atoms with Crippen molar-refractivity contribution in [2.45, 2.75) is 19.6 Å². The number of ether oxygens (including phenoxy) is 1. The number of hydrogen-bond acceptors (Lipinski definition) is 3. The minimum absolute atomic E-state index is 0.754. The Labute approximate surface area is 157 Å². The smallest absolute Gasteiger partial charge is 0.193 e. The van der Waals surface area contributed by atoms with Gasteiger partial charge in [0.1, 0.15) is 5.75 Å². The molecule has 0 amide bonds. The maximum Gasteiger partial charge on any atom is 0.193 e. The molecule has 0 aliphatic heterocycles. The van der Waals surface area contributed by atoms with Crippen LogP contribution in [0.15, 0.2) is 53.5 Å². The van der Waals surface area contributed by atoms with Crippen molar-refractivity contribution >= 4 is 5.96 Å². The molecule has 0 saturated heterocycles. The van der Waals surface area contributed by atoms with Gasteiger partial charge in [-0.25, -0.2) is 0 Å². The first-order chi connectivity index (χ1) is 12.5. The summed E-state index contributed by atoms with van der Waals surface area (Å²) in [4.78, 5) is 8.73. The summed E-state index contributed by atoms with van der Waals surface area (Å²) in [6.45, 7) is 2.46. The van der Waals surface area contributed by atoms with Crippen molar-refractivity contribution in [2.75, 3.05) is 35.3 Å². The fourth-order valence-electron chi connectivity index (χ4n) is 2.86. The van der Waals surface area contributed by atoms with E-state index in [4.69, 9.17) is 4.74 Å². The lowest BCUT2D eigenvalue weighted by molar-refractivity contribution is 0.400. The molecule has 5 nitrogen and oxygen atoms in total. The second kappa shape index (κ2) is 9.82. The molecule has 2 aromatic rings. The molecular weight excluding hydrogens is 324 g/mol. The van der Waals surface area contributed by atoms with E-state index in [-0.39, 0.29) is 0 Å². The number of rotatable bonds is 7. The van der Waals surface area contributed by atoms with E-state index in [1.54, 1.807) is 7.11 Å². The molecule has 140 valence electrons. The number of guanidine groups is 1. The summed E-state index contributed by atoms with van der Waals surface area (Å²) in [5.74, 6) is 1.75. The summed E-state index contributed by atoms with van der Waals surface area (Å²) in [6, 6.07) is 16.6. The quantitative estimate of drug-likeness (QED) is 0.613. The van der Waals surface area contributed by atoms with Crippen molar-refractivity contribution in [1.29, 1.82) is 0 Å². The minimum atomic E-state index is 0.754. The second-order valence-corrected chi connectivity index (χ2v) is 6.61. The van der Waals surface area contributed by atoms with Crippen LogP contribution >= 0.6 is 0 Å². The number of methoxy groups -OCH3 is 1. The molecule has 0 fully saturated rings. The molecule has 1 N–H and O–H groups in total. The van der Waals surface area contributed by atoms with Crippen LogP contribution in [0.4, 0.5) is 0 Å². The van der Waals surface area contributed by atoms with Gasteiger partial charge in [-0.2, -0.15) is 0 Å². The molecule has 0 bridgehead atoms. The van der Waals surface area contributed by atoms with Gasteiger partial charge in [0.25, 0.3) is 0 Å². The van der Waals surface area contributed by atoms with Gasteiger partial charge in [0, 0.05) is 33.7 Å². The Morgan fingerprint density at radius 3 is 2.19 bits per heavy atom. The Balaban J connectivity index is 1.98. The summed E-state index contributed by atoms with van der Waals surface area (Å²) in [5.41, 5.74) is 3.84. The highest BCUT2D eigenvalue weighted by molar-refractivity contribution is 5.79.